The van der Waals surface area contributed by atoms with Crippen molar-refractivity contribution in [2.75, 3.05) is 21.3 Å². The van der Waals surface area contributed by atoms with Crippen molar-refractivity contribution >= 4 is 24.0 Å². The van der Waals surface area contributed by atoms with Crippen LogP contribution in [-0.2, 0) is 14.3 Å². The fraction of sp³-hybridized carbons (Fsp3) is 0.190. The van der Waals surface area contributed by atoms with Gasteiger partial charge >= 0.3 is 12.0 Å². The Kier molecular flexibility index (Phi) is 7.78. The van der Waals surface area contributed by atoms with Crippen LogP contribution in [0.5, 0.6) is 11.5 Å². The number of rotatable bonds is 7. The zero-order chi connectivity index (χ0) is 21.2. The molecule has 0 fully saturated rings. The third-order valence-corrected chi connectivity index (χ3v) is 3.88. The van der Waals surface area contributed by atoms with Crippen molar-refractivity contribution in [1.82, 2.24) is 10.6 Å². The van der Waals surface area contributed by atoms with Crippen molar-refractivity contribution in [2.24, 2.45) is 0 Å². The molecule has 2 rings (SSSR count). The van der Waals surface area contributed by atoms with E-state index in [1.54, 1.807) is 48.5 Å². The second-order valence-corrected chi connectivity index (χ2v) is 5.74. The number of ether oxygens (including phenoxy) is 3. The Labute approximate surface area is 168 Å². The molecule has 0 radical (unpaired) electrons. The minimum absolute atomic E-state index is 0.428. The van der Waals surface area contributed by atoms with Gasteiger partial charge in [0.15, 0.2) is 0 Å². The Morgan fingerprint density at radius 3 is 2.34 bits per heavy atom. The first kappa shape index (κ1) is 21.5. The molecule has 152 valence electrons. The van der Waals surface area contributed by atoms with Crippen molar-refractivity contribution in [2.45, 2.75) is 6.10 Å². The maximum Gasteiger partial charge on any atom is 0.331 e. The van der Waals surface area contributed by atoms with Crippen LogP contribution in [-0.4, -0.2) is 39.2 Å². The second-order valence-electron chi connectivity index (χ2n) is 5.74. The van der Waals surface area contributed by atoms with Crippen LogP contribution in [0.1, 0.15) is 17.2 Å². The molecule has 8 nitrogen and oxygen atoms in total. The number of carbonyl (C=O) groups excluding carboxylic acids is 3. The van der Waals surface area contributed by atoms with Crippen LogP contribution in [0.15, 0.2) is 54.6 Å². The molecule has 0 saturated carbocycles. The zero-order valence-electron chi connectivity index (χ0n) is 16.3. The van der Waals surface area contributed by atoms with E-state index in [0.29, 0.717) is 22.6 Å². The molecular formula is C21H22N2O6. The molecule has 29 heavy (non-hydrogen) atoms. The number of carbonyl (C=O) groups is 3. The topological polar surface area (TPSA) is 103 Å². The molecule has 2 N–H and O–H groups in total. The van der Waals surface area contributed by atoms with Crippen LogP contribution >= 0.6 is 0 Å². The third kappa shape index (κ3) is 6.10. The first-order valence-electron chi connectivity index (χ1n) is 8.66. The largest absolute Gasteiger partial charge is 0.497 e. The fourth-order valence-electron chi connectivity index (χ4n) is 2.41. The van der Waals surface area contributed by atoms with E-state index >= 15 is 0 Å². The van der Waals surface area contributed by atoms with Gasteiger partial charge in [-0.25, -0.2) is 9.59 Å². The van der Waals surface area contributed by atoms with E-state index in [-0.39, 0.29) is 0 Å². The molecular weight excluding hydrogens is 376 g/mol. The van der Waals surface area contributed by atoms with Crippen molar-refractivity contribution in [3.63, 3.8) is 0 Å². The molecule has 3 amide bonds. The third-order valence-electron chi connectivity index (χ3n) is 3.88. The SMILES string of the molecule is CNC(=O)NC(=O)[C@@H](OC(=O)/C=C/c1ccc(OC)cc1OC)c1ccccc1. The molecule has 0 unspecified atom stereocenters. The predicted octanol–water partition coefficient (Wildman–Crippen LogP) is 2.46. The first-order valence-corrected chi connectivity index (χ1v) is 8.66. The average Bonchev–Trinajstić information content (AvgIpc) is 2.76. The second kappa shape index (κ2) is 10.5. The van der Waals surface area contributed by atoms with Gasteiger partial charge in [0.25, 0.3) is 5.91 Å². The summed E-state index contributed by atoms with van der Waals surface area (Å²) in [5, 5.41) is 4.39. The van der Waals surface area contributed by atoms with E-state index in [9.17, 15) is 14.4 Å². The Morgan fingerprint density at radius 2 is 1.72 bits per heavy atom. The Bertz CT molecular complexity index is 895. The molecule has 0 aliphatic carbocycles. The van der Waals surface area contributed by atoms with E-state index in [1.807, 2.05) is 0 Å². The number of urea groups is 1. The number of hydrogen-bond acceptors (Lipinski definition) is 6. The van der Waals surface area contributed by atoms with Crippen LogP contribution in [0.25, 0.3) is 6.08 Å². The summed E-state index contributed by atoms with van der Waals surface area (Å²) in [5.74, 6) is -0.412. The number of amides is 3. The lowest BCUT2D eigenvalue weighted by Crippen LogP contribution is -2.41. The number of methoxy groups -OCH3 is 2. The number of benzene rings is 2. The zero-order valence-corrected chi connectivity index (χ0v) is 16.3. The van der Waals surface area contributed by atoms with Gasteiger partial charge in [0.1, 0.15) is 11.5 Å². The van der Waals surface area contributed by atoms with Crippen LogP contribution in [0.4, 0.5) is 4.79 Å². The molecule has 2 aromatic carbocycles. The molecule has 0 aromatic heterocycles. The first-order chi connectivity index (χ1) is 14.0. The summed E-state index contributed by atoms with van der Waals surface area (Å²) in [6.45, 7) is 0. The summed E-state index contributed by atoms with van der Waals surface area (Å²) in [6, 6.07) is 12.8. The lowest BCUT2D eigenvalue weighted by Gasteiger charge is -2.16. The van der Waals surface area contributed by atoms with Crippen molar-refractivity contribution in [3.05, 3.63) is 65.7 Å². The van der Waals surface area contributed by atoms with Gasteiger partial charge in [-0.2, -0.15) is 0 Å². The number of imide groups is 1. The van der Waals surface area contributed by atoms with E-state index in [0.717, 1.165) is 0 Å². The molecule has 0 aliphatic rings. The summed E-state index contributed by atoms with van der Waals surface area (Å²) in [4.78, 5) is 36.2. The van der Waals surface area contributed by atoms with Crippen LogP contribution < -0.4 is 20.1 Å². The Hall–Kier alpha value is -3.81. The molecule has 0 bridgehead atoms. The van der Waals surface area contributed by atoms with Crippen LogP contribution in [0.2, 0.25) is 0 Å². The van der Waals surface area contributed by atoms with E-state index in [1.165, 1.54) is 33.4 Å². The van der Waals surface area contributed by atoms with Crippen molar-refractivity contribution in [1.29, 1.82) is 0 Å². The van der Waals surface area contributed by atoms with Gasteiger partial charge in [-0.3, -0.25) is 10.1 Å². The maximum absolute atomic E-state index is 12.4. The monoisotopic (exact) mass is 398 g/mol. The lowest BCUT2D eigenvalue weighted by molar-refractivity contribution is -0.151. The van der Waals surface area contributed by atoms with Crippen LogP contribution in [0.3, 0.4) is 0 Å². The highest BCUT2D eigenvalue weighted by Crippen LogP contribution is 2.26. The highest BCUT2D eigenvalue weighted by atomic mass is 16.5. The fourth-order valence-corrected chi connectivity index (χ4v) is 2.41. The Morgan fingerprint density at radius 1 is 1.00 bits per heavy atom. The Balaban J connectivity index is 2.18. The van der Waals surface area contributed by atoms with Gasteiger partial charge in [0, 0.05) is 30.3 Å². The maximum atomic E-state index is 12.4. The molecule has 0 heterocycles. The number of esters is 1. The highest BCUT2D eigenvalue weighted by Gasteiger charge is 2.25. The van der Waals surface area contributed by atoms with Crippen molar-refractivity contribution < 1.29 is 28.6 Å². The average molecular weight is 398 g/mol. The molecule has 1 atom stereocenters. The highest BCUT2D eigenvalue weighted by molar-refractivity contribution is 5.98. The van der Waals surface area contributed by atoms with Gasteiger partial charge in [-0.05, 0) is 18.2 Å². The molecule has 2 aromatic rings. The summed E-state index contributed by atoms with van der Waals surface area (Å²) < 4.78 is 15.7. The minimum atomic E-state index is -1.29. The summed E-state index contributed by atoms with van der Waals surface area (Å²) in [5.41, 5.74) is 1.05. The van der Waals surface area contributed by atoms with Gasteiger partial charge in [0.2, 0.25) is 6.10 Å². The smallest absolute Gasteiger partial charge is 0.331 e. The van der Waals surface area contributed by atoms with Crippen molar-refractivity contribution in [3.8, 4) is 11.5 Å². The normalized spacial score (nSPS) is 11.4. The molecule has 8 heteroatoms. The van der Waals surface area contributed by atoms with Gasteiger partial charge in [0.05, 0.1) is 14.2 Å². The van der Waals surface area contributed by atoms with Gasteiger partial charge in [-0.1, -0.05) is 30.3 Å². The molecule has 0 spiro atoms. The van der Waals surface area contributed by atoms with E-state index in [2.05, 4.69) is 10.6 Å². The summed E-state index contributed by atoms with van der Waals surface area (Å²) in [6.07, 6.45) is 1.38. The number of nitrogens with one attached hydrogen (secondary N) is 2. The van der Waals surface area contributed by atoms with Crippen LogP contribution in [0, 0.1) is 0 Å². The predicted molar refractivity (Wildman–Crippen MR) is 106 cm³/mol. The van der Waals surface area contributed by atoms with E-state index < -0.39 is 24.0 Å². The summed E-state index contributed by atoms with van der Waals surface area (Å²) >= 11 is 0. The lowest BCUT2D eigenvalue weighted by atomic mass is 10.1. The minimum Gasteiger partial charge on any atom is -0.497 e. The van der Waals surface area contributed by atoms with E-state index in [4.69, 9.17) is 14.2 Å². The molecule has 0 aliphatic heterocycles. The number of hydrogen-bond donors (Lipinski definition) is 2. The summed E-state index contributed by atoms with van der Waals surface area (Å²) in [7, 11) is 4.41. The van der Waals surface area contributed by atoms with Gasteiger partial charge < -0.3 is 19.5 Å². The molecule has 0 saturated heterocycles. The van der Waals surface area contributed by atoms with Gasteiger partial charge in [-0.15, -0.1) is 0 Å². The quantitative estimate of drug-likeness (QED) is 0.549. The standard InChI is InChI=1S/C21H22N2O6/c1-22-21(26)23-20(25)19(15-7-5-4-6-8-15)29-18(24)12-10-14-9-11-16(27-2)13-17(14)28-3/h4-13,19H,1-3H3,(H2,22,23,25,26)/b12-10+/t19-/m0/s1.